The lowest BCUT2D eigenvalue weighted by Crippen LogP contribution is -2.34. The van der Waals surface area contributed by atoms with Gasteiger partial charge >= 0.3 is 0 Å². The summed E-state index contributed by atoms with van der Waals surface area (Å²) in [5, 5.41) is 4.08. The minimum Gasteiger partial charge on any atom is -0.353 e. The Morgan fingerprint density at radius 3 is 2.75 bits per heavy atom. The van der Waals surface area contributed by atoms with Crippen molar-refractivity contribution in [2.75, 3.05) is 5.75 Å². The fraction of sp³-hybridized carbons (Fsp3) is 0.333. The number of fused-ring (bicyclic) bond motifs is 1. The Kier molecular flexibility index (Phi) is 5.43. The van der Waals surface area contributed by atoms with Crippen LogP contribution in [-0.4, -0.2) is 32.2 Å². The van der Waals surface area contributed by atoms with Gasteiger partial charge in [-0.1, -0.05) is 42.8 Å². The lowest BCUT2D eigenvalue weighted by molar-refractivity contribution is -0.119. The van der Waals surface area contributed by atoms with Crippen molar-refractivity contribution in [3.63, 3.8) is 0 Å². The molecule has 1 saturated carbocycles. The summed E-state index contributed by atoms with van der Waals surface area (Å²) in [6, 6.07) is 11.2. The van der Waals surface area contributed by atoms with Gasteiger partial charge < -0.3 is 5.32 Å². The predicted molar refractivity (Wildman–Crippen MR) is 111 cm³/mol. The highest BCUT2D eigenvalue weighted by atomic mass is 32.2. The number of pyridine rings is 1. The molecule has 28 heavy (non-hydrogen) atoms. The Labute approximate surface area is 167 Å². The lowest BCUT2D eigenvalue weighted by atomic mass is 10.2. The summed E-state index contributed by atoms with van der Waals surface area (Å²) in [6.07, 6.45) is 6.15. The number of nitrogens with zero attached hydrogens (tertiary/aromatic N) is 3. The molecule has 1 aliphatic carbocycles. The van der Waals surface area contributed by atoms with Crippen molar-refractivity contribution in [3.05, 3.63) is 58.5 Å². The molecule has 3 aromatic rings. The van der Waals surface area contributed by atoms with Gasteiger partial charge in [0.15, 0.2) is 5.16 Å². The first-order valence-electron chi connectivity index (χ1n) is 9.49. The summed E-state index contributed by atoms with van der Waals surface area (Å²) >= 11 is 1.27. The Hall–Kier alpha value is -2.67. The van der Waals surface area contributed by atoms with Gasteiger partial charge in [-0.15, -0.1) is 0 Å². The Morgan fingerprint density at radius 1 is 1.21 bits per heavy atom. The third-order valence-corrected chi connectivity index (χ3v) is 5.86. The number of rotatable bonds is 5. The van der Waals surface area contributed by atoms with E-state index in [4.69, 9.17) is 0 Å². The predicted octanol–water partition coefficient (Wildman–Crippen LogP) is 3.24. The second-order valence-electron chi connectivity index (χ2n) is 7.08. The van der Waals surface area contributed by atoms with Gasteiger partial charge in [-0.2, -0.15) is 0 Å². The van der Waals surface area contributed by atoms with Crippen LogP contribution in [0.3, 0.4) is 0 Å². The van der Waals surface area contributed by atoms with Gasteiger partial charge in [0.1, 0.15) is 5.82 Å². The van der Waals surface area contributed by atoms with Crippen molar-refractivity contribution >= 4 is 28.6 Å². The molecule has 0 bridgehead atoms. The zero-order valence-electron chi connectivity index (χ0n) is 15.7. The molecule has 1 aliphatic rings. The minimum absolute atomic E-state index is 0.0253. The van der Waals surface area contributed by atoms with E-state index < -0.39 is 0 Å². The van der Waals surface area contributed by atoms with E-state index in [-0.39, 0.29) is 23.3 Å². The van der Waals surface area contributed by atoms with Crippen LogP contribution in [0.1, 0.15) is 31.2 Å². The van der Waals surface area contributed by atoms with E-state index >= 15 is 0 Å². The molecular weight excluding hydrogens is 372 g/mol. The van der Waals surface area contributed by atoms with Crippen LogP contribution in [0.4, 0.5) is 0 Å². The molecule has 1 N–H and O–H groups in total. The van der Waals surface area contributed by atoms with Crippen molar-refractivity contribution < 1.29 is 4.79 Å². The zero-order chi connectivity index (χ0) is 19.5. The molecule has 1 aromatic carbocycles. The van der Waals surface area contributed by atoms with Crippen molar-refractivity contribution in [1.82, 2.24) is 19.9 Å². The molecule has 0 spiro atoms. The van der Waals surface area contributed by atoms with Gasteiger partial charge in [-0.25, -0.2) is 14.5 Å². The van der Waals surface area contributed by atoms with Crippen LogP contribution < -0.4 is 10.9 Å². The molecule has 6 nitrogen and oxygen atoms in total. The monoisotopic (exact) mass is 394 g/mol. The third-order valence-electron chi connectivity index (χ3n) is 4.92. The minimum atomic E-state index is -0.180. The van der Waals surface area contributed by atoms with Gasteiger partial charge in [0.05, 0.1) is 16.7 Å². The van der Waals surface area contributed by atoms with Gasteiger partial charge in [-0.3, -0.25) is 9.59 Å². The molecule has 2 heterocycles. The highest BCUT2D eigenvalue weighted by Gasteiger charge is 2.19. The van der Waals surface area contributed by atoms with E-state index in [0.717, 1.165) is 18.4 Å². The van der Waals surface area contributed by atoms with Gasteiger partial charge in [0, 0.05) is 12.2 Å². The summed E-state index contributed by atoms with van der Waals surface area (Å²) in [5.74, 6) is 0.697. The Bertz CT molecular complexity index is 1060. The molecule has 4 rings (SSSR count). The molecule has 0 atom stereocenters. The molecule has 7 heteroatoms. The molecule has 0 radical (unpaired) electrons. The number of hydrogen-bond donors (Lipinski definition) is 1. The van der Waals surface area contributed by atoms with E-state index in [0.29, 0.717) is 21.9 Å². The van der Waals surface area contributed by atoms with Crippen molar-refractivity contribution in [2.24, 2.45) is 0 Å². The standard InChI is InChI=1S/C21H22N4O2S/c1-14-10-11-18(22-12-14)25-20(27)16-8-4-5-9-17(16)24-21(25)28-13-19(26)23-15-6-2-3-7-15/h4-5,8-12,15H,2-3,6-7,13H2,1H3,(H,23,26). The second-order valence-corrected chi connectivity index (χ2v) is 8.03. The van der Waals surface area contributed by atoms with Gasteiger partial charge in [0.2, 0.25) is 5.91 Å². The van der Waals surface area contributed by atoms with Crippen LogP contribution in [0.25, 0.3) is 16.7 Å². The maximum absolute atomic E-state index is 13.1. The molecule has 0 aliphatic heterocycles. The number of carbonyl (C=O) groups excluding carboxylic acids is 1. The fourth-order valence-electron chi connectivity index (χ4n) is 3.47. The quantitative estimate of drug-likeness (QED) is 0.531. The lowest BCUT2D eigenvalue weighted by Gasteiger charge is -2.14. The maximum Gasteiger partial charge on any atom is 0.267 e. The number of aromatic nitrogens is 3. The normalized spacial score (nSPS) is 14.5. The fourth-order valence-corrected chi connectivity index (χ4v) is 4.29. The van der Waals surface area contributed by atoms with Crippen LogP contribution >= 0.6 is 11.8 Å². The smallest absolute Gasteiger partial charge is 0.267 e. The largest absolute Gasteiger partial charge is 0.353 e. The number of nitrogens with one attached hydrogen (secondary N) is 1. The van der Waals surface area contributed by atoms with Crippen LogP contribution in [0.15, 0.2) is 52.5 Å². The molecule has 0 unspecified atom stereocenters. The van der Waals surface area contributed by atoms with E-state index in [2.05, 4.69) is 15.3 Å². The summed E-state index contributed by atoms with van der Waals surface area (Å²) < 4.78 is 1.50. The van der Waals surface area contributed by atoms with E-state index in [1.807, 2.05) is 31.2 Å². The second kappa shape index (κ2) is 8.14. The first-order chi connectivity index (χ1) is 13.6. The first-order valence-corrected chi connectivity index (χ1v) is 10.5. The molecule has 2 aromatic heterocycles. The maximum atomic E-state index is 13.1. The summed E-state index contributed by atoms with van der Waals surface area (Å²) in [4.78, 5) is 34.5. The number of amides is 1. The molecular formula is C21H22N4O2S. The van der Waals surface area contributed by atoms with Crippen LogP contribution in [0.5, 0.6) is 0 Å². The number of aryl methyl sites for hydroxylation is 1. The van der Waals surface area contributed by atoms with E-state index in [9.17, 15) is 9.59 Å². The van der Waals surface area contributed by atoms with Crippen LogP contribution in [0, 0.1) is 6.92 Å². The van der Waals surface area contributed by atoms with E-state index in [1.165, 1.54) is 29.2 Å². The van der Waals surface area contributed by atoms with Crippen LogP contribution in [0.2, 0.25) is 0 Å². The summed E-state index contributed by atoms with van der Waals surface area (Å²) in [5.41, 5.74) is 1.45. The topological polar surface area (TPSA) is 76.9 Å². The highest BCUT2D eigenvalue weighted by molar-refractivity contribution is 7.99. The van der Waals surface area contributed by atoms with Crippen molar-refractivity contribution in [3.8, 4) is 5.82 Å². The first kappa shape index (κ1) is 18.7. The number of benzene rings is 1. The zero-order valence-corrected chi connectivity index (χ0v) is 16.5. The Morgan fingerprint density at radius 2 is 2.00 bits per heavy atom. The number of para-hydroxylation sites is 1. The Balaban J connectivity index is 1.67. The highest BCUT2D eigenvalue weighted by Crippen LogP contribution is 2.22. The number of hydrogen-bond acceptors (Lipinski definition) is 5. The van der Waals surface area contributed by atoms with Crippen molar-refractivity contribution in [1.29, 1.82) is 0 Å². The summed E-state index contributed by atoms with van der Waals surface area (Å²) in [7, 11) is 0. The summed E-state index contributed by atoms with van der Waals surface area (Å²) in [6.45, 7) is 1.95. The van der Waals surface area contributed by atoms with E-state index in [1.54, 1.807) is 18.3 Å². The molecule has 144 valence electrons. The van der Waals surface area contributed by atoms with Crippen molar-refractivity contribution in [2.45, 2.75) is 43.8 Å². The average molecular weight is 395 g/mol. The SMILES string of the molecule is Cc1ccc(-n2c(SCC(=O)NC3CCCC3)nc3ccccc3c2=O)nc1. The third kappa shape index (κ3) is 3.94. The molecule has 1 amide bonds. The molecule has 0 saturated heterocycles. The number of thioether (sulfide) groups is 1. The van der Waals surface area contributed by atoms with Gasteiger partial charge in [-0.05, 0) is 43.5 Å². The van der Waals surface area contributed by atoms with Crippen LogP contribution in [-0.2, 0) is 4.79 Å². The molecule has 1 fully saturated rings. The van der Waals surface area contributed by atoms with Gasteiger partial charge in [0.25, 0.3) is 5.56 Å². The average Bonchev–Trinajstić information content (AvgIpc) is 3.20. The number of carbonyl (C=O) groups is 1.